The van der Waals surface area contributed by atoms with Gasteiger partial charge in [-0.15, -0.1) is 0 Å². The van der Waals surface area contributed by atoms with Crippen LogP contribution in [0.1, 0.15) is 19.3 Å². The van der Waals surface area contributed by atoms with Crippen LogP contribution < -0.4 is 0 Å². The van der Waals surface area contributed by atoms with Crippen LogP contribution in [0.2, 0.25) is 0 Å². The summed E-state index contributed by atoms with van der Waals surface area (Å²) >= 11 is 0. The van der Waals surface area contributed by atoms with E-state index in [1.807, 2.05) is 0 Å². The molecular formula is C7H10O3. The summed E-state index contributed by atoms with van der Waals surface area (Å²) < 4.78 is 4.70. The van der Waals surface area contributed by atoms with Crippen LogP contribution in [0.3, 0.4) is 0 Å². The first-order valence-electron chi connectivity index (χ1n) is 3.42. The molecule has 0 unspecified atom stereocenters. The molecule has 56 valence electrons. The van der Waals surface area contributed by atoms with Crippen molar-refractivity contribution in [1.82, 2.24) is 0 Å². The van der Waals surface area contributed by atoms with Gasteiger partial charge in [0.15, 0.2) is 0 Å². The second-order valence-electron chi connectivity index (χ2n) is 2.48. The summed E-state index contributed by atoms with van der Waals surface area (Å²) in [6.07, 6.45) is 2.61. The first kappa shape index (κ1) is 7.25. The van der Waals surface area contributed by atoms with E-state index in [0.29, 0.717) is 19.4 Å². The zero-order valence-corrected chi connectivity index (χ0v) is 5.71. The van der Waals surface area contributed by atoms with Crippen LogP contribution in [-0.4, -0.2) is 18.9 Å². The summed E-state index contributed by atoms with van der Waals surface area (Å²) in [6, 6.07) is 0. The van der Waals surface area contributed by atoms with Gasteiger partial charge in [-0.1, -0.05) is 0 Å². The van der Waals surface area contributed by atoms with Crippen LogP contribution in [0.15, 0.2) is 0 Å². The Morgan fingerprint density at radius 2 is 2.50 bits per heavy atom. The minimum Gasteiger partial charge on any atom is -0.466 e. The van der Waals surface area contributed by atoms with Crippen molar-refractivity contribution in [2.24, 2.45) is 5.92 Å². The Labute approximate surface area is 59.4 Å². The van der Waals surface area contributed by atoms with Gasteiger partial charge >= 0.3 is 5.97 Å². The molecule has 0 aromatic heterocycles. The van der Waals surface area contributed by atoms with Crippen molar-refractivity contribution in [3.05, 3.63) is 0 Å². The first-order valence-corrected chi connectivity index (χ1v) is 3.42. The normalized spacial score (nSPS) is 25.6. The number of ether oxygens (including phenoxy) is 1. The van der Waals surface area contributed by atoms with Gasteiger partial charge in [0.2, 0.25) is 0 Å². The van der Waals surface area contributed by atoms with Crippen LogP contribution in [0, 0.1) is 5.92 Å². The van der Waals surface area contributed by atoms with E-state index in [0.717, 1.165) is 12.7 Å². The van der Waals surface area contributed by atoms with Crippen molar-refractivity contribution in [2.75, 3.05) is 6.61 Å². The molecule has 3 heteroatoms. The molecule has 0 spiro atoms. The molecule has 3 nitrogen and oxygen atoms in total. The lowest BCUT2D eigenvalue weighted by Crippen LogP contribution is -2.20. The van der Waals surface area contributed by atoms with Crippen LogP contribution >= 0.6 is 0 Å². The van der Waals surface area contributed by atoms with Gasteiger partial charge in [-0.3, -0.25) is 4.79 Å². The van der Waals surface area contributed by atoms with Gasteiger partial charge in [0.25, 0.3) is 0 Å². The van der Waals surface area contributed by atoms with Crippen LogP contribution in [0.4, 0.5) is 0 Å². The number of aldehydes is 1. The fourth-order valence-corrected chi connectivity index (χ4v) is 1.07. The predicted octanol–water partition coefficient (Wildman–Crippen LogP) is 0.529. The lowest BCUT2D eigenvalue weighted by molar-refractivity contribution is -0.149. The molecule has 1 aliphatic heterocycles. The van der Waals surface area contributed by atoms with Gasteiger partial charge in [0, 0.05) is 12.8 Å². The molecule has 0 bridgehead atoms. The van der Waals surface area contributed by atoms with Crippen molar-refractivity contribution in [1.29, 1.82) is 0 Å². The van der Waals surface area contributed by atoms with Crippen LogP contribution in [0.5, 0.6) is 0 Å². The smallest absolute Gasteiger partial charge is 0.306 e. The fraction of sp³-hybridized carbons (Fsp3) is 0.714. The SMILES string of the molecule is O=CC[C@@H]1CCOC(=O)C1. The lowest BCUT2D eigenvalue weighted by atomic mass is 9.97. The maximum absolute atomic E-state index is 10.6. The summed E-state index contributed by atoms with van der Waals surface area (Å²) in [5.74, 6) is 0.0665. The molecule has 1 aliphatic rings. The van der Waals surface area contributed by atoms with Crippen molar-refractivity contribution in [3.63, 3.8) is 0 Å². The van der Waals surface area contributed by atoms with Crippen molar-refractivity contribution in [3.8, 4) is 0 Å². The highest BCUT2D eigenvalue weighted by Crippen LogP contribution is 2.17. The molecule has 1 heterocycles. The lowest BCUT2D eigenvalue weighted by Gasteiger charge is -2.18. The fourth-order valence-electron chi connectivity index (χ4n) is 1.07. The zero-order chi connectivity index (χ0) is 7.40. The van der Waals surface area contributed by atoms with Gasteiger partial charge in [-0.2, -0.15) is 0 Å². The van der Waals surface area contributed by atoms with Gasteiger partial charge in [0.05, 0.1) is 6.61 Å². The van der Waals surface area contributed by atoms with Crippen LogP contribution in [0.25, 0.3) is 0 Å². The van der Waals surface area contributed by atoms with E-state index in [9.17, 15) is 9.59 Å². The molecule has 0 aromatic carbocycles. The summed E-state index contributed by atoms with van der Waals surface area (Å²) in [5, 5.41) is 0. The van der Waals surface area contributed by atoms with Crippen LogP contribution in [-0.2, 0) is 14.3 Å². The third-order valence-corrected chi connectivity index (χ3v) is 1.67. The Balaban J connectivity index is 2.31. The molecule has 1 saturated heterocycles. The summed E-state index contributed by atoms with van der Waals surface area (Å²) in [6.45, 7) is 0.483. The molecule has 0 aliphatic carbocycles. The minimum atomic E-state index is -0.168. The molecule has 1 rings (SSSR count). The molecular weight excluding hydrogens is 132 g/mol. The average Bonchev–Trinajstić information content (AvgIpc) is 1.88. The summed E-state index contributed by atoms with van der Waals surface area (Å²) in [7, 11) is 0. The maximum atomic E-state index is 10.6. The number of hydrogen-bond donors (Lipinski definition) is 0. The molecule has 1 fully saturated rings. The van der Waals surface area contributed by atoms with E-state index < -0.39 is 0 Å². The highest BCUT2D eigenvalue weighted by atomic mass is 16.5. The Hall–Kier alpha value is -0.860. The van der Waals surface area contributed by atoms with Crippen molar-refractivity contribution < 1.29 is 14.3 Å². The monoisotopic (exact) mass is 142 g/mol. The highest BCUT2D eigenvalue weighted by molar-refractivity contribution is 5.70. The topological polar surface area (TPSA) is 43.4 Å². The highest BCUT2D eigenvalue weighted by Gasteiger charge is 2.19. The second-order valence-corrected chi connectivity index (χ2v) is 2.48. The number of carbonyl (C=O) groups excluding carboxylic acids is 2. The summed E-state index contributed by atoms with van der Waals surface area (Å²) in [4.78, 5) is 20.6. The predicted molar refractivity (Wildman–Crippen MR) is 34.4 cm³/mol. The second kappa shape index (κ2) is 3.34. The van der Waals surface area contributed by atoms with Crippen molar-refractivity contribution in [2.45, 2.75) is 19.3 Å². The van der Waals surface area contributed by atoms with Gasteiger partial charge < -0.3 is 9.53 Å². The van der Waals surface area contributed by atoms with Gasteiger partial charge in [-0.25, -0.2) is 0 Å². The summed E-state index contributed by atoms with van der Waals surface area (Å²) in [5.41, 5.74) is 0. The Bertz CT molecular complexity index is 142. The van der Waals surface area contributed by atoms with E-state index in [2.05, 4.69) is 0 Å². The Kier molecular flexibility index (Phi) is 2.42. The molecule has 0 saturated carbocycles. The Morgan fingerprint density at radius 3 is 3.10 bits per heavy atom. The zero-order valence-electron chi connectivity index (χ0n) is 5.71. The number of hydrogen-bond acceptors (Lipinski definition) is 3. The molecule has 1 atom stereocenters. The molecule has 0 radical (unpaired) electrons. The number of carbonyl (C=O) groups is 2. The largest absolute Gasteiger partial charge is 0.466 e. The molecule has 0 amide bonds. The Morgan fingerprint density at radius 1 is 1.70 bits per heavy atom. The third-order valence-electron chi connectivity index (χ3n) is 1.67. The third kappa shape index (κ3) is 1.83. The average molecular weight is 142 g/mol. The van der Waals surface area contributed by atoms with E-state index in [1.54, 1.807) is 0 Å². The molecule has 0 aromatic rings. The van der Waals surface area contributed by atoms with E-state index >= 15 is 0 Å². The number of cyclic esters (lactones) is 1. The van der Waals surface area contributed by atoms with E-state index in [-0.39, 0.29) is 11.9 Å². The molecule has 10 heavy (non-hydrogen) atoms. The van der Waals surface area contributed by atoms with Gasteiger partial charge in [0.1, 0.15) is 6.29 Å². The number of rotatable bonds is 2. The minimum absolute atomic E-state index is 0.168. The quantitative estimate of drug-likeness (QED) is 0.417. The number of esters is 1. The van der Waals surface area contributed by atoms with E-state index in [1.165, 1.54) is 0 Å². The van der Waals surface area contributed by atoms with Gasteiger partial charge in [-0.05, 0) is 12.3 Å². The molecule has 0 N–H and O–H groups in total. The maximum Gasteiger partial charge on any atom is 0.306 e. The van der Waals surface area contributed by atoms with E-state index in [4.69, 9.17) is 4.74 Å². The standard InChI is InChI=1S/C7H10O3/c8-3-1-6-2-4-10-7(9)5-6/h3,6H,1-2,4-5H2/t6-/m1/s1. The first-order chi connectivity index (χ1) is 4.83. The van der Waals surface area contributed by atoms with Crippen molar-refractivity contribution >= 4 is 12.3 Å².